The van der Waals surface area contributed by atoms with Crippen LogP contribution in [0.4, 0.5) is 0 Å². The average Bonchev–Trinajstić information content (AvgIpc) is 2.43. The third-order valence-corrected chi connectivity index (χ3v) is 4.25. The molecule has 0 saturated carbocycles. The molecule has 0 N–H and O–H groups in total. The molecule has 2 fully saturated rings. The molecule has 3 nitrogen and oxygen atoms in total. The van der Waals surface area contributed by atoms with E-state index in [1.54, 1.807) is 0 Å². The first-order chi connectivity index (χ1) is 8.75. The fraction of sp³-hybridized carbons (Fsp3) is 0.938. The van der Waals surface area contributed by atoms with Crippen LogP contribution in [0.15, 0.2) is 0 Å². The number of hydrogen-bond donors (Lipinski definition) is 0. The fourth-order valence-electron chi connectivity index (χ4n) is 2.98. The zero-order valence-corrected chi connectivity index (χ0v) is 17.3. The van der Waals surface area contributed by atoms with Crippen molar-refractivity contribution in [1.29, 1.82) is 0 Å². The molecule has 2 heterocycles. The van der Waals surface area contributed by atoms with Crippen molar-refractivity contribution in [2.75, 3.05) is 46.8 Å². The standard InChI is InChI=1S/C13H26N3.C2H6.CH3.Y/c1-15-9-5-13(6-10-15)16(2)11-12-3-7-14-8-4-12;1-2;;/h12-13H,3-11H2,1-2H3;1-2H3;1H3;/q-1;;-1;. The Hall–Kier alpha value is 0.984. The van der Waals surface area contributed by atoms with Gasteiger partial charge in [-0.05, 0) is 45.9 Å². The van der Waals surface area contributed by atoms with Gasteiger partial charge in [-0.25, -0.2) is 0 Å². The molecule has 2 aliphatic heterocycles. The van der Waals surface area contributed by atoms with Crippen molar-refractivity contribution >= 4 is 0 Å². The molecule has 4 heteroatoms. The predicted octanol–water partition coefficient (Wildman–Crippen LogP) is 3.27. The maximum atomic E-state index is 4.43. The Morgan fingerprint density at radius 3 is 2.05 bits per heavy atom. The van der Waals surface area contributed by atoms with Crippen molar-refractivity contribution in [3.63, 3.8) is 0 Å². The topological polar surface area (TPSA) is 20.6 Å². The van der Waals surface area contributed by atoms with Crippen molar-refractivity contribution in [3.05, 3.63) is 12.7 Å². The maximum Gasteiger partial charge on any atom is 0.0117 e. The van der Waals surface area contributed by atoms with E-state index in [-0.39, 0.29) is 40.1 Å². The Kier molecular flexibility index (Phi) is 15.9. The van der Waals surface area contributed by atoms with Crippen LogP contribution in [0.25, 0.3) is 5.32 Å². The number of hydrogen-bond acceptors (Lipinski definition) is 2. The Morgan fingerprint density at radius 1 is 1.05 bits per heavy atom. The monoisotopic (exact) mass is 358 g/mol. The van der Waals surface area contributed by atoms with Crippen LogP contribution in [0.1, 0.15) is 39.5 Å². The minimum Gasteiger partial charge on any atom is -0.662 e. The van der Waals surface area contributed by atoms with Gasteiger partial charge in [0.2, 0.25) is 0 Å². The minimum absolute atomic E-state index is 0. The summed E-state index contributed by atoms with van der Waals surface area (Å²) in [6, 6.07) is 0.829. The van der Waals surface area contributed by atoms with Crippen molar-refractivity contribution in [3.8, 4) is 0 Å². The molecule has 0 spiro atoms. The minimum atomic E-state index is 0. The van der Waals surface area contributed by atoms with Crippen molar-refractivity contribution in [1.82, 2.24) is 9.80 Å². The van der Waals surface area contributed by atoms with E-state index in [9.17, 15) is 0 Å². The van der Waals surface area contributed by atoms with Gasteiger partial charge in [0.15, 0.2) is 0 Å². The van der Waals surface area contributed by atoms with Crippen molar-refractivity contribution in [2.24, 2.45) is 5.92 Å². The molecular weight excluding hydrogens is 323 g/mol. The Bertz CT molecular complexity index is 200. The van der Waals surface area contributed by atoms with E-state index in [0.29, 0.717) is 0 Å². The van der Waals surface area contributed by atoms with Gasteiger partial charge in [-0.1, -0.05) is 26.7 Å². The molecule has 119 valence electrons. The summed E-state index contributed by atoms with van der Waals surface area (Å²) in [5.74, 6) is 0.905. The number of nitrogens with zero attached hydrogens (tertiary/aromatic N) is 3. The summed E-state index contributed by atoms with van der Waals surface area (Å²) >= 11 is 0. The zero-order chi connectivity index (χ0) is 13.4. The van der Waals surface area contributed by atoms with Gasteiger partial charge < -0.3 is 22.5 Å². The van der Waals surface area contributed by atoms with Crippen LogP contribution in [-0.2, 0) is 32.7 Å². The van der Waals surface area contributed by atoms with Crippen LogP contribution < -0.4 is 0 Å². The van der Waals surface area contributed by atoms with E-state index >= 15 is 0 Å². The van der Waals surface area contributed by atoms with Crippen molar-refractivity contribution in [2.45, 2.75) is 45.6 Å². The Labute approximate surface area is 153 Å². The number of rotatable bonds is 3. The number of piperidine rings is 2. The molecule has 0 aromatic rings. The zero-order valence-electron chi connectivity index (χ0n) is 14.4. The summed E-state index contributed by atoms with van der Waals surface area (Å²) in [5, 5.41) is 4.43. The Morgan fingerprint density at radius 2 is 1.55 bits per heavy atom. The van der Waals surface area contributed by atoms with Crippen LogP contribution >= 0.6 is 0 Å². The molecule has 0 aromatic heterocycles. The van der Waals surface area contributed by atoms with Crippen LogP contribution in [0.3, 0.4) is 0 Å². The summed E-state index contributed by atoms with van der Waals surface area (Å²) in [6.07, 6.45) is 5.34. The molecular formula is C16H35N3Y-2. The van der Waals surface area contributed by atoms with Gasteiger partial charge in [-0.3, -0.25) is 0 Å². The van der Waals surface area contributed by atoms with Crippen LogP contribution in [0.2, 0.25) is 0 Å². The fourth-order valence-corrected chi connectivity index (χ4v) is 2.98. The largest absolute Gasteiger partial charge is 0.662 e. The van der Waals surface area contributed by atoms with E-state index in [4.69, 9.17) is 0 Å². The first-order valence-corrected chi connectivity index (χ1v) is 7.78. The van der Waals surface area contributed by atoms with Gasteiger partial charge in [0.05, 0.1) is 0 Å². The molecule has 0 amide bonds. The van der Waals surface area contributed by atoms with Gasteiger partial charge >= 0.3 is 0 Å². The maximum absolute atomic E-state index is 4.43. The molecule has 1 radical (unpaired) electrons. The summed E-state index contributed by atoms with van der Waals surface area (Å²) in [6.45, 7) is 10.0. The molecule has 2 aliphatic rings. The van der Waals surface area contributed by atoms with Gasteiger partial charge in [0.25, 0.3) is 0 Å². The smallest absolute Gasteiger partial charge is 0.0117 e. The molecule has 0 aromatic carbocycles. The molecule has 0 atom stereocenters. The third kappa shape index (κ3) is 8.43. The summed E-state index contributed by atoms with van der Waals surface area (Å²) in [7, 11) is 4.56. The summed E-state index contributed by atoms with van der Waals surface area (Å²) in [5.41, 5.74) is 0. The van der Waals surface area contributed by atoms with E-state index in [1.165, 1.54) is 45.3 Å². The second-order valence-electron chi connectivity index (χ2n) is 5.59. The van der Waals surface area contributed by atoms with Gasteiger partial charge in [0.1, 0.15) is 0 Å². The second kappa shape index (κ2) is 13.6. The SMILES string of the molecule is CC.CN1CCC(N(C)CC2CC[N-]CC2)CC1.[CH3-].[Y]. The normalized spacial score (nSPS) is 21.4. The van der Waals surface area contributed by atoms with E-state index in [0.717, 1.165) is 25.0 Å². The summed E-state index contributed by atoms with van der Waals surface area (Å²) in [4.78, 5) is 5.06. The van der Waals surface area contributed by atoms with Crippen LogP contribution in [-0.4, -0.2) is 62.7 Å². The molecule has 0 bridgehead atoms. The van der Waals surface area contributed by atoms with E-state index < -0.39 is 0 Å². The molecule has 0 unspecified atom stereocenters. The summed E-state index contributed by atoms with van der Waals surface area (Å²) < 4.78 is 0. The molecule has 2 saturated heterocycles. The van der Waals surface area contributed by atoms with Crippen molar-refractivity contribution < 1.29 is 32.7 Å². The van der Waals surface area contributed by atoms with Gasteiger partial charge in [-0.2, -0.15) is 0 Å². The van der Waals surface area contributed by atoms with Gasteiger partial charge in [-0.15, -0.1) is 13.1 Å². The van der Waals surface area contributed by atoms with Crippen LogP contribution in [0.5, 0.6) is 0 Å². The first kappa shape index (κ1) is 23.3. The first-order valence-electron chi connectivity index (χ1n) is 7.78. The third-order valence-electron chi connectivity index (χ3n) is 4.25. The average molecular weight is 358 g/mol. The van der Waals surface area contributed by atoms with Crippen LogP contribution in [0, 0.1) is 13.3 Å². The second-order valence-corrected chi connectivity index (χ2v) is 5.59. The van der Waals surface area contributed by atoms with E-state index in [1.807, 2.05) is 13.8 Å². The quantitative estimate of drug-likeness (QED) is 0.722. The van der Waals surface area contributed by atoms with E-state index in [2.05, 4.69) is 29.2 Å². The Balaban J connectivity index is 0. The predicted molar refractivity (Wildman–Crippen MR) is 86.7 cm³/mol. The molecule has 20 heavy (non-hydrogen) atoms. The number of likely N-dealkylation sites (tertiary alicyclic amines) is 1. The molecule has 0 aliphatic carbocycles. The molecule has 2 rings (SSSR count). The van der Waals surface area contributed by atoms with Gasteiger partial charge in [0, 0.05) is 45.3 Å².